The Hall–Kier alpha value is -2.57. The second-order valence-corrected chi connectivity index (χ2v) is 6.01. The molecule has 2 N–H and O–H groups in total. The van der Waals surface area contributed by atoms with Gasteiger partial charge in [0, 0.05) is 19.0 Å². The molecule has 1 saturated heterocycles. The van der Waals surface area contributed by atoms with Crippen molar-refractivity contribution in [2.45, 2.75) is 45.2 Å². The quantitative estimate of drug-likeness (QED) is 0.782. The van der Waals surface area contributed by atoms with Gasteiger partial charge in [-0.05, 0) is 25.8 Å². The van der Waals surface area contributed by atoms with E-state index in [1.807, 2.05) is 19.1 Å². The molecule has 2 rings (SSSR count). The number of nitrogens with one attached hydrogen (secondary N) is 1. The molecule has 0 bridgehead atoms. The second kappa shape index (κ2) is 8.50. The van der Waals surface area contributed by atoms with Crippen LogP contribution in [0, 0.1) is 0 Å². The van der Waals surface area contributed by atoms with E-state index in [9.17, 15) is 19.5 Å². The average molecular weight is 348 g/mol. The summed E-state index contributed by atoms with van der Waals surface area (Å²) in [5.41, 5.74) is 0.707. The molecule has 0 saturated carbocycles. The molecular weight excluding hydrogens is 324 g/mol. The van der Waals surface area contributed by atoms with Crippen LogP contribution in [-0.2, 0) is 14.4 Å². The molecule has 1 fully saturated rings. The fourth-order valence-corrected chi connectivity index (χ4v) is 3.15. The van der Waals surface area contributed by atoms with Crippen molar-refractivity contribution in [2.75, 3.05) is 13.2 Å². The third-order valence-electron chi connectivity index (χ3n) is 4.21. The predicted molar refractivity (Wildman–Crippen MR) is 91.2 cm³/mol. The molecule has 7 heteroatoms. The Balaban J connectivity index is 2.22. The first kappa shape index (κ1) is 18.8. The van der Waals surface area contributed by atoms with E-state index < -0.39 is 18.1 Å². The number of likely N-dealkylation sites (tertiary alicyclic amines) is 1. The van der Waals surface area contributed by atoms with Crippen molar-refractivity contribution in [3.63, 3.8) is 0 Å². The largest absolute Gasteiger partial charge is 0.494 e. The van der Waals surface area contributed by atoms with Crippen LogP contribution in [0.5, 0.6) is 5.75 Å². The highest BCUT2D eigenvalue weighted by atomic mass is 16.5. The molecule has 0 spiro atoms. The van der Waals surface area contributed by atoms with Gasteiger partial charge in [-0.15, -0.1) is 0 Å². The number of nitrogens with zero attached hydrogens (tertiary/aromatic N) is 1. The van der Waals surface area contributed by atoms with E-state index in [0.717, 1.165) is 0 Å². The van der Waals surface area contributed by atoms with Gasteiger partial charge in [0.05, 0.1) is 19.1 Å². The molecule has 1 aliphatic rings. The fourth-order valence-electron chi connectivity index (χ4n) is 3.15. The SMILES string of the molecule is CCOc1ccccc1C(CC(=O)N1CCC[C@H]1C(=O)O)NC(C)=O. The van der Waals surface area contributed by atoms with E-state index >= 15 is 0 Å². The summed E-state index contributed by atoms with van der Waals surface area (Å²) in [5, 5.41) is 12.0. The minimum Gasteiger partial charge on any atom is -0.494 e. The van der Waals surface area contributed by atoms with Gasteiger partial charge in [-0.25, -0.2) is 4.79 Å². The minimum absolute atomic E-state index is 0.00650. The maximum Gasteiger partial charge on any atom is 0.326 e. The van der Waals surface area contributed by atoms with Crippen LogP contribution >= 0.6 is 0 Å². The number of para-hydroxylation sites is 1. The van der Waals surface area contributed by atoms with Crippen LogP contribution in [-0.4, -0.2) is 47.0 Å². The van der Waals surface area contributed by atoms with Gasteiger partial charge in [0.25, 0.3) is 0 Å². The number of aliphatic carboxylic acids is 1. The van der Waals surface area contributed by atoms with Gasteiger partial charge in [0.15, 0.2) is 0 Å². The summed E-state index contributed by atoms with van der Waals surface area (Å²) >= 11 is 0. The molecule has 1 aromatic carbocycles. The number of benzene rings is 1. The summed E-state index contributed by atoms with van der Waals surface area (Å²) in [6.45, 7) is 4.13. The molecule has 1 unspecified atom stereocenters. The van der Waals surface area contributed by atoms with Gasteiger partial charge < -0.3 is 20.1 Å². The number of hydrogen-bond acceptors (Lipinski definition) is 4. The van der Waals surface area contributed by atoms with Gasteiger partial charge in [0.2, 0.25) is 11.8 Å². The number of carbonyl (C=O) groups excluding carboxylic acids is 2. The summed E-state index contributed by atoms with van der Waals surface area (Å²) in [7, 11) is 0. The molecule has 7 nitrogen and oxygen atoms in total. The minimum atomic E-state index is -0.989. The molecule has 0 aliphatic carbocycles. The third kappa shape index (κ3) is 4.71. The molecule has 136 valence electrons. The van der Waals surface area contributed by atoms with Crippen LogP contribution < -0.4 is 10.1 Å². The van der Waals surface area contributed by atoms with Crippen LogP contribution in [0.1, 0.15) is 44.7 Å². The predicted octanol–water partition coefficient (Wildman–Crippen LogP) is 1.73. The molecular formula is C18H24N2O5. The van der Waals surface area contributed by atoms with E-state index in [-0.39, 0.29) is 18.2 Å². The lowest BCUT2D eigenvalue weighted by Crippen LogP contribution is -2.42. The first-order valence-corrected chi connectivity index (χ1v) is 8.45. The summed E-state index contributed by atoms with van der Waals surface area (Å²) in [6, 6.07) is 5.87. The van der Waals surface area contributed by atoms with E-state index in [1.54, 1.807) is 12.1 Å². The summed E-state index contributed by atoms with van der Waals surface area (Å²) < 4.78 is 5.60. The topological polar surface area (TPSA) is 95.9 Å². The highest BCUT2D eigenvalue weighted by molar-refractivity contribution is 5.85. The Morgan fingerprint density at radius 1 is 1.36 bits per heavy atom. The van der Waals surface area contributed by atoms with Crippen molar-refractivity contribution in [2.24, 2.45) is 0 Å². The van der Waals surface area contributed by atoms with Crippen molar-refractivity contribution in [1.82, 2.24) is 10.2 Å². The molecule has 0 radical (unpaired) electrons. The van der Waals surface area contributed by atoms with Gasteiger partial charge in [-0.1, -0.05) is 18.2 Å². The van der Waals surface area contributed by atoms with Crippen LogP contribution in [0.3, 0.4) is 0 Å². The Morgan fingerprint density at radius 3 is 2.72 bits per heavy atom. The highest BCUT2D eigenvalue weighted by Crippen LogP contribution is 2.29. The van der Waals surface area contributed by atoms with Crippen molar-refractivity contribution >= 4 is 17.8 Å². The van der Waals surface area contributed by atoms with Gasteiger partial charge in [-0.3, -0.25) is 9.59 Å². The highest BCUT2D eigenvalue weighted by Gasteiger charge is 2.35. The molecule has 1 heterocycles. The van der Waals surface area contributed by atoms with Crippen LogP contribution in [0.25, 0.3) is 0 Å². The smallest absolute Gasteiger partial charge is 0.326 e. The zero-order valence-electron chi connectivity index (χ0n) is 14.5. The van der Waals surface area contributed by atoms with Crippen molar-refractivity contribution < 1.29 is 24.2 Å². The number of carboxylic acid groups (broad SMARTS) is 1. The van der Waals surface area contributed by atoms with Crippen LogP contribution in [0.15, 0.2) is 24.3 Å². The fraction of sp³-hybridized carbons (Fsp3) is 0.500. The molecule has 2 atom stereocenters. The lowest BCUT2D eigenvalue weighted by Gasteiger charge is -2.26. The van der Waals surface area contributed by atoms with Gasteiger partial charge >= 0.3 is 5.97 Å². The Kier molecular flexibility index (Phi) is 6.38. The van der Waals surface area contributed by atoms with Gasteiger partial charge in [-0.2, -0.15) is 0 Å². The molecule has 1 aliphatic heterocycles. The standard InChI is InChI=1S/C18H24N2O5/c1-3-25-16-9-5-4-7-13(16)14(19-12(2)21)11-17(22)20-10-6-8-15(20)18(23)24/h4-5,7,9,14-15H,3,6,8,10-11H2,1-2H3,(H,19,21)(H,23,24)/t14?,15-/m0/s1. The number of carbonyl (C=O) groups is 3. The lowest BCUT2D eigenvalue weighted by atomic mass is 10.0. The Labute approximate surface area is 147 Å². The van der Waals surface area contributed by atoms with Crippen molar-refractivity contribution in [3.8, 4) is 5.75 Å². The molecule has 1 aromatic rings. The molecule has 2 amide bonds. The summed E-state index contributed by atoms with van der Waals surface area (Å²) in [5.74, 6) is -0.931. The Bertz CT molecular complexity index is 646. The van der Waals surface area contributed by atoms with Crippen molar-refractivity contribution in [3.05, 3.63) is 29.8 Å². The van der Waals surface area contributed by atoms with E-state index in [0.29, 0.717) is 37.3 Å². The number of rotatable bonds is 7. The number of hydrogen-bond donors (Lipinski definition) is 2. The van der Waals surface area contributed by atoms with Crippen LogP contribution in [0.4, 0.5) is 0 Å². The van der Waals surface area contributed by atoms with E-state index in [2.05, 4.69) is 5.32 Å². The second-order valence-electron chi connectivity index (χ2n) is 6.01. The lowest BCUT2D eigenvalue weighted by molar-refractivity contribution is -0.148. The third-order valence-corrected chi connectivity index (χ3v) is 4.21. The first-order valence-electron chi connectivity index (χ1n) is 8.45. The molecule has 0 aromatic heterocycles. The normalized spacial score (nSPS) is 17.8. The zero-order chi connectivity index (χ0) is 18.4. The zero-order valence-corrected chi connectivity index (χ0v) is 14.5. The van der Waals surface area contributed by atoms with E-state index in [4.69, 9.17) is 4.74 Å². The number of amides is 2. The number of ether oxygens (including phenoxy) is 1. The van der Waals surface area contributed by atoms with Crippen LogP contribution in [0.2, 0.25) is 0 Å². The maximum absolute atomic E-state index is 12.7. The number of carboxylic acids is 1. The average Bonchev–Trinajstić information content (AvgIpc) is 3.04. The monoisotopic (exact) mass is 348 g/mol. The maximum atomic E-state index is 12.7. The first-order chi connectivity index (χ1) is 11.9. The van der Waals surface area contributed by atoms with E-state index in [1.165, 1.54) is 11.8 Å². The summed E-state index contributed by atoms with van der Waals surface area (Å²) in [4.78, 5) is 37.0. The molecule has 25 heavy (non-hydrogen) atoms. The Morgan fingerprint density at radius 2 is 2.08 bits per heavy atom. The van der Waals surface area contributed by atoms with Crippen molar-refractivity contribution in [1.29, 1.82) is 0 Å². The summed E-state index contributed by atoms with van der Waals surface area (Å²) in [6.07, 6.45) is 1.12. The van der Waals surface area contributed by atoms with Gasteiger partial charge in [0.1, 0.15) is 11.8 Å².